The number of aryl methyl sites for hydroxylation is 1. The van der Waals surface area contributed by atoms with Crippen LogP contribution in [-0.2, 0) is 24.3 Å². The summed E-state index contributed by atoms with van der Waals surface area (Å²) < 4.78 is 41.8. The summed E-state index contributed by atoms with van der Waals surface area (Å²) in [5, 5.41) is 11.5. The molecule has 1 aliphatic heterocycles. The summed E-state index contributed by atoms with van der Waals surface area (Å²) in [6.07, 6.45) is -1.29. The summed E-state index contributed by atoms with van der Waals surface area (Å²) in [6, 6.07) is 3.17. The van der Waals surface area contributed by atoms with Gasteiger partial charge >= 0.3 is 6.18 Å². The van der Waals surface area contributed by atoms with E-state index in [0.29, 0.717) is 41.0 Å². The predicted octanol–water partition coefficient (Wildman–Crippen LogP) is 1.92. The predicted molar refractivity (Wildman–Crippen MR) is 107 cm³/mol. The second-order valence-corrected chi connectivity index (χ2v) is 7.39. The maximum absolute atomic E-state index is 12.8. The van der Waals surface area contributed by atoms with Crippen molar-refractivity contribution in [1.29, 1.82) is 0 Å². The molecule has 0 atom stereocenters. The fourth-order valence-corrected chi connectivity index (χ4v) is 3.34. The van der Waals surface area contributed by atoms with Crippen molar-refractivity contribution < 1.29 is 32.6 Å². The molecule has 32 heavy (non-hydrogen) atoms. The maximum atomic E-state index is 12.8. The van der Waals surface area contributed by atoms with Gasteiger partial charge in [0.05, 0.1) is 30.6 Å². The number of aromatic nitrogens is 2. The first-order valence-corrected chi connectivity index (χ1v) is 9.96. The van der Waals surface area contributed by atoms with Crippen LogP contribution in [-0.4, -0.2) is 57.7 Å². The van der Waals surface area contributed by atoms with Gasteiger partial charge in [0, 0.05) is 37.0 Å². The number of ether oxygens (including phenoxy) is 1. The third-order valence-electron chi connectivity index (χ3n) is 4.86. The lowest BCUT2D eigenvalue weighted by Gasteiger charge is -2.17. The molecule has 0 aliphatic carbocycles. The third-order valence-corrected chi connectivity index (χ3v) is 4.86. The highest BCUT2D eigenvalue weighted by Crippen LogP contribution is 2.27. The fourth-order valence-electron chi connectivity index (χ4n) is 3.34. The average molecular weight is 452 g/mol. The number of carbonyl (C=O) groups is 2. The van der Waals surface area contributed by atoms with Gasteiger partial charge in [0.2, 0.25) is 5.91 Å². The van der Waals surface area contributed by atoms with Crippen LogP contribution in [0.1, 0.15) is 39.3 Å². The van der Waals surface area contributed by atoms with Gasteiger partial charge in [-0.2, -0.15) is 13.2 Å². The van der Waals surface area contributed by atoms with Crippen molar-refractivity contribution in [2.75, 3.05) is 19.8 Å². The van der Waals surface area contributed by atoms with Crippen LogP contribution in [0.2, 0.25) is 0 Å². The van der Waals surface area contributed by atoms with Crippen molar-refractivity contribution in [2.24, 2.45) is 0 Å². The molecule has 0 fully saturated rings. The van der Waals surface area contributed by atoms with E-state index in [-0.39, 0.29) is 43.7 Å². The number of nitrogens with zero attached hydrogens (tertiary/aromatic N) is 3. The standard InChI is InChI=1S/C21H23F3N4O4/c1-13-7-14(27-9-18(13)32-12-21(22,23)24)10-28-11-16-15(20(28)31)3-5-25-17(16)8-19(30)26-4-2-6-29/h3,5,7,9,29H,2,4,6,8,10-12H2,1H3,(H,26,30). The molecule has 3 heterocycles. The summed E-state index contributed by atoms with van der Waals surface area (Å²) in [5.74, 6) is -0.459. The first-order valence-electron chi connectivity index (χ1n) is 9.96. The number of aliphatic hydroxyl groups is 1. The zero-order valence-corrected chi connectivity index (χ0v) is 17.4. The molecule has 3 rings (SSSR count). The molecule has 0 saturated heterocycles. The summed E-state index contributed by atoms with van der Waals surface area (Å²) in [5.41, 5.74) is 2.60. The zero-order chi connectivity index (χ0) is 23.3. The monoisotopic (exact) mass is 452 g/mol. The molecular weight excluding hydrogens is 429 g/mol. The van der Waals surface area contributed by atoms with Crippen molar-refractivity contribution in [3.8, 4) is 5.75 Å². The molecule has 8 nitrogen and oxygen atoms in total. The Morgan fingerprint density at radius 3 is 2.81 bits per heavy atom. The van der Waals surface area contributed by atoms with Crippen molar-refractivity contribution in [3.05, 3.63) is 52.6 Å². The molecule has 0 bridgehead atoms. The van der Waals surface area contributed by atoms with Crippen LogP contribution in [0.4, 0.5) is 13.2 Å². The van der Waals surface area contributed by atoms with Gasteiger partial charge in [0.25, 0.3) is 5.91 Å². The van der Waals surface area contributed by atoms with Crippen LogP contribution in [0.15, 0.2) is 24.5 Å². The number of alkyl halides is 3. The highest BCUT2D eigenvalue weighted by molar-refractivity contribution is 5.98. The van der Waals surface area contributed by atoms with Crippen LogP contribution >= 0.6 is 0 Å². The van der Waals surface area contributed by atoms with Crippen molar-refractivity contribution >= 4 is 11.8 Å². The number of pyridine rings is 2. The van der Waals surface area contributed by atoms with Gasteiger partial charge in [-0.25, -0.2) is 0 Å². The van der Waals surface area contributed by atoms with Crippen LogP contribution in [0.3, 0.4) is 0 Å². The van der Waals surface area contributed by atoms with Crippen molar-refractivity contribution in [1.82, 2.24) is 20.2 Å². The van der Waals surface area contributed by atoms with E-state index in [1.165, 1.54) is 17.3 Å². The third kappa shape index (κ3) is 5.94. The second kappa shape index (κ2) is 9.94. The molecule has 0 saturated carbocycles. The van der Waals surface area contributed by atoms with Gasteiger partial charge in [-0.15, -0.1) is 0 Å². The average Bonchev–Trinajstić information content (AvgIpc) is 3.03. The Labute approximate surface area is 182 Å². The molecule has 2 amide bonds. The van der Waals surface area contributed by atoms with Gasteiger partial charge < -0.3 is 20.1 Å². The highest BCUT2D eigenvalue weighted by Gasteiger charge is 2.31. The van der Waals surface area contributed by atoms with E-state index < -0.39 is 12.8 Å². The number of nitrogens with one attached hydrogen (secondary N) is 1. The molecule has 0 radical (unpaired) electrons. The number of rotatable bonds is 9. The second-order valence-electron chi connectivity index (χ2n) is 7.39. The molecule has 1 aliphatic rings. The van der Waals surface area contributed by atoms with Gasteiger partial charge in [0.15, 0.2) is 6.61 Å². The molecule has 11 heteroatoms. The van der Waals surface area contributed by atoms with Crippen molar-refractivity contribution in [2.45, 2.75) is 39.0 Å². The number of hydrogen-bond donors (Lipinski definition) is 2. The largest absolute Gasteiger partial charge is 0.482 e. The molecule has 0 spiro atoms. The molecule has 2 aromatic rings. The Kier molecular flexibility index (Phi) is 7.29. The lowest BCUT2D eigenvalue weighted by Crippen LogP contribution is -2.27. The zero-order valence-electron chi connectivity index (χ0n) is 17.4. The Morgan fingerprint density at radius 1 is 1.34 bits per heavy atom. The lowest BCUT2D eigenvalue weighted by molar-refractivity contribution is -0.153. The number of hydrogen-bond acceptors (Lipinski definition) is 6. The molecule has 2 aromatic heterocycles. The van der Waals surface area contributed by atoms with Gasteiger partial charge in [-0.1, -0.05) is 0 Å². The van der Waals surface area contributed by atoms with E-state index in [2.05, 4.69) is 15.3 Å². The summed E-state index contributed by atoms with van der Waals surface area (Å²) in [6.45, 7) is 0.923. The minimum absolute atomic E-state index is 0.0122. The van der Waals surface area contributed by atoms with E-state index in [0.717, 1.165) is 0 Å². The minimum Gasteiger partial charge on any atom is -0.482 e. The number of halogens is 3. The van der Waals surface area contributed by atoms with Crippen LogP contribution in [0.5, 0.6) is 5.75 Å². The molecule has 172 valence electrons. The molecule has 0 unspecified atom stereocenters. The normalized spacial score (nSPS) is 13.3. The Bertz CT molecular complexity index is 997. The lowest BCUT2D eigenvalue weighted by atomic mass is 10.1. The van der Waals surface area contributed by atoms with E-state index in [4.69, 9.17) is 9.84 Å². The molecular formula is C21H23F3N4O4. The Morgan fingerprint density at radius 2 is 2.12 bits per heavy atom. The van der Waals surface area contributed by atoms with Crippen molar-refractivity contribution in [3.63, 3.8) is 0 Å². The van der Waals surface area contributed by atoms with Gasteiger partial charge in [-0.05, 0) is 31.0 Å². The fraction of sp³-hybridized carbons (Fsp3) is 0.429. The van der Waals surface area contributed by atoms with E-state index in [1.807, 2.05) is 0 Å². The van der Waals surface area contributed by atoms with Crippen LogP contribution in [0.25, 0.3) is 0 Å². The maximum Gasteiger partial charge on any atom is 0.422 e. The van der Waals surface area contributed by atoms with E-state index in [1.54, 1.807) is 19.1 Å². The van der Waals surface area contributed by atoms with E-state index >= 15 is 0 Å². The van der Waals surface area contributed by atoms with Crippen LogP contribution < -0.4 is 10.1 Å². The minimum atomic E-state index is -4.44. The van der Waals surface area contributed by atoms with Gasteiger partial charge in [0.1, 0.15) is 5.75 Å². The summed E-state index contributed by atoms with van der Waals surface area (Å²) in [7, 11) is 0. The number of aliphatic hydroxyl groups excluding tert-OH is 1. The summed E-state index contributed by atoms with van der Waals surface area (Å²) in [4.78, 5) is 34.8. The highest BCUT2D eigenvalue weighted by atomic mass is 19.4. The molecule has 2 N–H and O–H groups in total. The van der Waals surface area contributed by atoms with E-state index in [9.17, 15) is 22.8 Å². The first kappa shape index (κ1) is 23.5. The first-order chi connectivity index (χ1) is 15.2. The van der Waals surface area contributed by atoms with Gasteiger partial charge in [-0.3, -0.25) is 19.6 Å². The topological polar surface area (TPSA) is 105 Å². The Balaban J connectivity index is 1.67. The van der Waals surface area contributed by atoms with Crippen LogP contribution in [0, 0.1) is 6.92 Å². The Hall–Kier alpha value is -3.21. The number of carbonyl (C=O) groups excluding carboxylic acids is 2. The number of fused-ring (bicyclic) bond motifs is 1. The number of amides is 2. The molecule has 0 aromatic carbocycles. The smallest absolute Gasteiger partial charge is 0.422 e. The SMILES string of the molecule is Cc1cc(CN2Cc3c(ccnc3CC(=O)NCCCO)C2=O)ncc1OCC(F)(F)F. The quantitative estimate of drug-likeness (QED) is 0.564. The summed E-state index contributed by atoms with van der Waals surface area (Å²) >= 11 is 0.